The molecule has 0 spiro atoms. The number of aryl methyl sites for hydroxylation is 3. The minimum Gasteiger partial charge on any atom is -0.481 e. The van der Waals surface area contributed by atoms with Crippen molar-refractivity contribution in [1.29, 1.82) is 5.41 Å². The first-order valence-corrected chi connectivity index (χ1v) is 36.1. The van der Waals surface area contributed by atoms with E-state index in [1.807, 2.05) is 164 Å². The van der Waals surface area contributed by atoms with Crippen molar-refractivity contribution in [1.82, 2.24) is 88.5 Å². The number of carboxylic acids is 2. The van der Waals surface area contributed by atoms with Crippen molar-refractivity contribution in [2.24, 2.45) is 0 Å². The molecule has 108 heavy (non-hydrogen) atoms. The summed E-state index contributed by atoms with van der Waals surface area (Å²) in [6.07, 6.45) is 21.5. The second kappa shape index (κ2) is 40.2. The summed E-state index contributed by atoms with van der Waals surface area (Å²) in [6, 6.07) is 9.08. The molecule has 4 aliphatic heterocycles. The molecule has 3 amide bonds. The van der Waals surface area contributed by atoms with Gasteiger partial charge in [-0.25, -0.2) is 32.4 Å². The molecule has 0 saturated heterocycles. The number of nitrogens with two attached hydrogens (primary N) is 1. The maximum Gasteiger partial charge on any atom is 0.410 e. The van der Waals surface area contributed by atoms with Crippen LogP contribution in [-0.4, -0.2) is 165 Å². The van der Waals surface area contributed by atoms with Crippen molar-refractivity contribution >= 4 is 87.7 Å². The molecule has 9 aromatic rings. The van der Waals surface area contributed by atoms with Gasteiger partial charge in [-0.05, 0) is 185 Å². The summed E-state index contributed by atoms with van der Waals surface area (Å²) in [5.74, 6) is -2.62. The summed E-state index contributed by atoms with van der Waals surface area (Å²) >= 11 is 13.4. The van der Waals surface area contributed by atoms with E-state index in [0.717, 1.165) is 93.5 Å². The van der Waals surface area contributed by atoms with Crippen LogP contribution < -0.4 is 11.1 Å². The van der Waals surface area contributed by atoms with Crippen LogP contribution in [0.15, 0.2) is 110 Å². The third-order valence-electron chi connectivity index (χ3n) is 16.0. The first kappa shape index (κ1) is 89.3. The van der Waals surface area contributed by atoms with Crippen LogP contribution >= 0.6 is 45.8 Å². The smallest absolute Gasteiger partial charge is 0.410 e. The number of ether oxygens (including phenoxy) is 2. The molecule has 4 aliphatic rings. The number of anilines is 1. The molecule has 29 nitrogen and oxygen atoms in total. The van der Waals surface area contributed by atoms with E-state index < -0.39 is 34.8 Å². The maximum atomic E-state index is 13.3. The van der Waals surface area contributed by atoms with Crippen LogP contribution in [0.4, 0.5) is 24.1 Å². The van der Waals surface area contributed by atoms with Crippen LogP contribution in [-0.2, 0) is 99.7 Å². The number of hydrogen-bond acceptors (Lipinski definition) is 17. The maximum absolute atomic E-state index is 13.3. The molecule has 7 aromatic heterocycles. The average Bonchev–Trinajstić information content (AvgIpc) is 1.56. The van der Waals surface area contributed by atoms with Crippen molar-refractivity contribution in [3.05, 3.63) is 180 Å². The summed E-state index contributed by atoms with van der Waals surface area (Å²) in [7, 11) is 0. The number of rotatable bonds is 6. The first-order valence-electron chi connectivity index (χ1n) is 34.2. The predicted molar refractivity (Wildman–Crippen MR) is 412 cm³/mol. The number of allylic oxidation sites excluding steroid dienone is 2. The molecular weight excluding hydrogens is 1600 g/mol. The summed E-state index contributed by atoms with van der Waals surface area (Å²) < 4.78 is 51.1. The zero-order valence-electron chi connectivity index (χ0n) is 63.7. The molecule has 4 unspecified atom stereocenters. The van der Waals surface area contributed by atoms with Crippen LogP contribution in [0.1, 0.15) is 142 Å². The van der Waals surface area contributed by atoms with Gasteiger partial charge in [-0.2, -0.15) is 35.7 Å². The monoisotopic (exact) mass is 1700 g/mol. The molecule has 0 bridgehead atoms. The zero-order valence-corrected chi connectivity index (χ0v) is 68.3. The van der Waals surface area contributed by atoms with Gasteiger partial charge in [-0.3, -0.25) is 42.9 Å². The SMILES string of the molecule is C/C=C(/C)C=N.CC(=O)O.CC(=O)O.CC1Cn2ncc(I)c2CN1C(=O)OC(C)(C)C.Cc1cnn(-c2cnn3c2CN(C(=O)Cc2ccc(F)c(Cl)c2)C(C)C3)c1.Cc1cnn(-c2cnn3c2CN(C(=O)OC(C)(C)C)C(C)C3)c1.Cc1cnn(-c2cnn3c2CNC(C)C3)c1.Nc1ccc(F)c(Cl)c1.[Cu]. The number of amides is 3. The number of nitrogens with zero attached hydrogens (tertiary/aromatic N) is 17. The number of aromatic nitrogens is 14. The van der Waals surface area contributed by atoms with Gasteiger partial charge in [0, 0.05) is 80.0 Å². The molecule has 6 N–H and O–H groups in total. The van der Waals surface area contributed by atoms with Gasteiger partial charge in [0.2, 0.25) is 5.91 Å². The Morgan fingerprint density at radius 3 is 1.33 bits per heavy atom. The van der Waals surface area contributed by atoms with Crippen molar-refractivity contribution in [3.8, 4) is 17.1 Å². The molecule has 11 heterocycles. The van der Waals surface area contributed by atoms with Crippen molar-refractivity contribution in [2.75, 3.05) is 5.73 Å². The van der Waals surface area contributed by atoms with E-state index in [4.69, 9.17) is 63.6 Å². The van der Waals surface area contributed by atoms with E-state index in [0.29, 0.717) is 50.0 Å². The number of aliphatic carboxylic acids is 2. The van der Waals surface area contributed by atoms with Crippen LogP contribution in [0.2, 0.25) is 10.0 Å². The summed E-state index contributed by atoms with van der Waals surface area (Å²) in [6.45, 7) is 36.7. The molecule has 35 heteroatoms. The van der Waals surface area contributed by atoms with E-state index >= 15 is 0 Å². The molecule has 13 rings (SSSR count). The van der Waals surface area contributed by atoms with Gasteiger partial charge < -0.3 is 41.0 Å². The Kier molecular flexibility index (Phi) is 33.3. The molecule has 4 atom stereocenters. The number of nitrogens with one attached hydrogen (secondary N) is 2. The van der Waals surface area contributed by atoms with Gasteiger partial charge in [0.15, 0.2) is 0 Å². The second-order valence-corrected chi connectivity index (χ2v) is 29.8. The van der Waals surface area contributed by atoms with Gasteiger partial charge in [-0.15, -0.1) is 0 Å². The Balaban J connectivity index is 0.000000237. The molecule has 589 valence electrons. The van der Waals surface area contributed by atoms with Crippen LogP contribution in [0.3, 0.4) is 0 Å². The van der Waals surface area contributed by atoms with Crippen LogP contribution in [0, 0.1) is 41.4 Å². The summed E-state index contributed by atoms with van der Waals surface area (Å²) in [4.78, 5) is 60.8. The quantitative estimate of drug-likeness (QED) is 0.0447. The Morgan fingerprint density at radius 1 is 0.593 bits per heavy atom. The number of benzene rings is 2. The number of fused-ring (bicyclic) bond motifs is 4. The van der Waals surface area contributed by atoms with E-state index in [2.05, 4.69) is 75.2 Å². The number of halogens is 5. The minimum absolute atomic E-state index is 0. The van der Waals surface area contributed by atoms with Crippen LogP contribution in [0.25, 0.3) is 17.1 Å². The number of carbonyl (C=O) groups excluding carboxylic acids is 3. The third kappa shape index (κ3) is 26.5. The standard InChI is InChI=1S/C19H19ClFN5O.C16H23N5O2.C12H18IN3O2.C11H15N5.C6H5ClFN.C5H9N.2C2H4O2.Cu/c1-12-7-22-25(9-12)17-8-23-26-10-13(2)24(11-18(17)26)19(27)6-14-3-4-16(21)15(20)5-14;1-11-6-17-20(8-11)13-7-18-21-9-12(2)19(10-14(13)21)15(22)23-16(3,4)5;1-8-6-16-10(9(13)5-14-16)7-15(8)11(17)18-12(2,3)4;1-8-3-13-15(6-8)11-5-14-16-7-9(2)12-4-10(11)16;7-5-3-4(9)1-2-6(5)8;1-3-5(2)4-6;2*1-2(3)4;/h3-5,7-9,13H,6,10-11H2,1-2H3;6-8,12H,9-10H2,1-5H3;5,8H,6-7H2,1-4H3;3,5-6,9,12H,4,7H2,1-2H3;1-3H,9H2;3-4,6H,1-2H3;2*1H3,(H,3,4);/b;;;;;5-3-,6-4?;;;. The second-order valence-electron chi connectivity index (χ2n) is 27.9. The first-order chi connectivity index (χ1) is 50.1. The van der Waals surface area contributed by atoms with Crippen molar-refractivity contribution in [2.45, 2.75) is 212 Å². The van der Waals surface area contributed by atoms with E-state index in [9.17, 15) is 23.2 Å². The predicted octanol–water partition coefficient (Wildman–Crippen LogP) is 13.0. The minimum atomic E-state index is -0.833. The Morgan fingerprint density at radius 2 is 0.963 bits per heavy atom. The van der Waals surface area contributed by atoms with E-state index in [1.54, 1.807) is 50.0 Å². The average molecular weight is 1700 g/mol. The summed E-state index contributed by atoms with van der Waals surface area (Å²) in [5, 5.41) is 55.6. The molecule has 0 aliphatic carbocycles. The van der Waals surface area contributed by atoms with Gasteiger partial charge in [-0.1, -0.05) is 35.3 Å². The molecule has 0 fully saturated rings. The zero-order chi connectivity index (χ0) is 79.5. The normalized spacial score (nSPS) is 16.0. The Labute approximate surface area is 661 Å². The van der Waals surface area contributed by atoms with Crippen LogP contribution in [0.5, 0.6) is 0 Å². The summed E-state index contributed by atoms with van der Waals surface area (Å²) in [5.41, 5.74) is 16.9. The van der Waals surface area contributed by atoms with Gasteiger partial charge >= 0.3 is 12.2 Å². The van der Waals surface area contributed by atoms with E-state index in [-0.39, 0.29) is 69.8 Å². The fourth-order valence-electron chi connectivity index (χ4n) is 10.7. The van der Waals surface area contributed by atoms with Crippen molar-refractivity contribution in [3.63, 3.8) is 0 Å². The van der Waals surface area contributed by atoms with E-state index in [1.165, 1.54) is 42.2 Å². The topological polar surface area (TPSA) is 341 Å². The largest absolute Gasteiger partial charge is 0.481 e. The third-order valence-corrected chi connectivity index (χ3v) is 17.5. The van der Waals surface area contributed by atoms with Crippen molar-refractivity contribution < 1.29 is 69.5 Å². The fraction of sp³-hybridized carbons (Fsp3) is 0.438. The number of carboxylic acid groups (broad SMARTS) is 2. The fourth-order valence-corrected chi connectivity index (χ4v) is 11.6. The molecular formula is C73H97Cl2CuF2IN20O9. The number of hydrogen-bond donors (Lipinski definition) is 5. The van der Waals surface area contributed by atoms with Gasteiger partial charge in [0.05, 0.1) is 144 Å². The Hall–Kier alpha value is -9.28. The molecule has 1 radical (unpaired) electrons. The Bertz CT molecular complexity index is 4530. The number of nitrogen functional groups attached to an aromatic ring is 1. The molecule has 2 aromatic carbocycles. The number of carbonyl (C=O) groups is 5. The van der Waals surface area contributed by atoms with Gasteiger partial charge in [0.25, 0.3) is 11.9 Å². The van der Waals surface area contributed by atoms with Gasteiger partial charge in [0.1, 0.15) is 39.9 Å². The molecule has 0 saturated carbocycles.